The summed E-state index contributed by atoms with van der Waals surface area (Å²) in [6.07, 6.45) is 4.80. The van der Waals surface area contributed by atoms with Crippen molar-refractivity contribution < 1.29 is 8.60 Å². The zero-order valence-corrected chi connectivity index (χ0v) is 17.1. The lowest BCUT2D eigenvalue weighted by molar-refractivity contribution is 0.413. The summed E-state index contributed by atoms with van der Waals surface area (Å²) in [5.74, 6) is 1.18. The highest BCUT2D eigenvalue weighted by Crippen LogP contribution is 2.23. The molecule has 7 heteroatoms. The number of hydrogen-bond donors (Lipinski definition) is 2. The van der Waals surface area contributed by atoms with Crippen molar-refractivity contribution in [1.29, 1.82) is 0 Å². The van der Waals surface area contributed by atoms with Gasteiger partial charge in [-0.1, -0.05) is 31.0 Å². The molecule has 0 bridgehead atoms. The fourth-order valence-electron chi connectivity index (χ4n) is 3.28. The van der Waals surface area contributed by atoms with Gasteiger partial charge in [0.2, 0.25) is 0 Å². The smallest absolute Gasteiger partial charge is 0.191 e. The van der Waals surface area contributed by atoms with Crippen LogP contribution in [-0.4, -0.2) is 40.3 Å². The summed E-state index contributed by atoms with van der Waals surface area (Å²) in [7, 11) is -0.733. The third kappa shape index (κ3) is 6.54. The normalized spacial score (nSPS) is 22.1. The van der Waals surface area contributed by atoms with E-state index >= 15 is 0 Å². The van der Waals surface area contributed by atoms with Crippen LogP contribution < -0.4 is 10.6 Å². The maximum Gasteiger partial charge on any atom is 0.191 e. The van der Waals surface area contributed by atoms with E-state index in [1.807, 2.05) is 13.8 Å². The lowest BCUT2D eigenvalue weighted by atomic mass is 9.95. The van der Waals surface area contributed by atoms with Gasteiger partial charge in [0, 0.05) is 46.0 Å². The Balaban J connectivity index is 1.92. The van der Waals surface area contributed by atoms with Crippen molar-refractivity contribution in [2.45, 2.75) is 57.2 Å². The number of benzene rings is 1. The van der Waals surface area contributed by atoms with Crippen molar-refractivity contribution in [3.63, 3.8) is 0 Å². The van der Waals surface area contributed by atoms with Gasteiger partial charge in [-0.3, -0.25) is 9.20 Å². The molecule has 0 saturated heterocycles. The molecular formula is C19H29ClFN3OS. The van der Waals surface area contributed by atoms with Crippen molar-refractivity contribution >= 4 is 28.4 Å². The van der Waals surface area contributed by atoms with Gasteiger partial charge in [-0.05, 0) is 50.3 Å². The monoisotopic (exact) mass is 401 g/mol. The molecule has 3 atom stereocenters. The summed E-state index contributed by atoms with van der Waals surface area (Å²) < 4.78 is 25.2. The largest absolute Gasteiger partial charge is 0.357 e. The van der Waals surface area contributed by atoms with Crippen LogP contribution in [0.5, 0.6) is 0 Å². The van der Waals surface area contributed by atoms with Gasteiger partial charge >= 0.3 is 0 Å². The van der Waals surface area contributed by atoms with Crippen molar-refractivity contribution in [3.05, 3.63) is 34.6 Å². The maximum atomic E-state index is 13.1. The van der Waals surface area contributed by atoms with Crippen LogP contribution in [0.4, 0.5) is 4.39 Å². The molecule has 4 nitrogen and oxygen atoms in total. The predicted octanol–water partition coefficient (Wildman–Crippen LogP) is 3.66. The molecule has 2 N–H and O–H groups in total. The summed E-state index contributed by atoms with van der Waals surface area (Å²) in [6, 6.07) is 4.76. The zero-order chi connectivity index (χ0) is 18.9. The number of hydrogen-bond acceptors (Lipinski definition) is 2. The average molecular weight is 402 g/mol. The molecule has 0 aromatic heterocycles. The fraction of sp³-hybridized carbons (Fsp3) is 0.632. The highest BCUT2D eigenvalue weighted by atomic mass is 35.5. The first kappa shape index (κ1) is 21.2. The lowest BCUT2D eigenvalue weighted by Gasteiger charge is -2.30. The van der Waals surface area contributed by atoms with Crippen molar-refractivity contribution in [3.8, 4) is 0 Å². The van der Waals surface area contributed by atoms with Crippen molar-refractivity contribution in [2.24, 2.45) is 4.99 Å². The Hall–Kier alpha value is -1.14. The molecule has 1 aromatic carbocycles. The average Bonchev–Trinajstić information content (AvgIpc) is 2.63. The summed E-state index contributed by atoms with van der Waals surface area (Å²) in [6.45, 7) is 5.36. The quantitative estimate of drug-likeness (QED) is 0.541. The molecule has 1 saturated carbocycles. The van der Waals surface area contributed by atoms with E-state index in [0.717, 1.165) is 49.5 Å². The van der Waals surface area contributed by atoms with Gasteiger partial charge in [0.25, 0.3) is 0 Å². The number of nitrogens with zero attached hydrogens (tertiary/aromatic N) is 1. The Bertz CT molecular complexity index is 641. The summed E-state index contributed by atoms with van der Waals surface area (Å²) in [4.78, 5) is 4.62. The molecule has 0 aliphatic heterocycles. The van der Waals surface area contributed by atoms with Crippen LogP contribution >= 0.6 is 11.6 Å². The molecule has 3 unspecified atom stereocenters. The van der Waals surface area contributed by atoms with Gasteiger partial charge in [-0.25, -0.2) is 4.39 Å². The standard InChI is InChI=1S/C19H29ClFN3OS/c1-3-22-19(23-11-10-14-8-9-15(21)12-18(14)20)24-16-6-5-7-17(13-16)26(25)4-2/h8-9,12,16-17H,3-7,10-11,13H2,1-2H3,(H2,22,23,24). The van der Waals surface area contributed by atoms with E-state index in [2.05, 4.69) is 15.6 Å². The number of halogens is 2. The second-order valence-electron chi connectivity index (χ2n) is 6.55. The summed E-state index contributed by atoms with van der Waals surface area (Å²) in [5.41, 5.74) is 0.892. The van der Waals surface area contributed by atoms with Crippen LogP contribution in [0.3, 0.4) is 0 Å². The topological polar surface area (TPSA) is 53.5 Å². The SMILES string of the molecule is CCNC(=NCCc1ccc(F)cc1Cl)NC1CCCC(S(=O)CC)C1. The van der Waals surface area contributed by atoms with E-state index in [4.69, 9.17) is 11.6 Å². The minimum absolute atomic E-state index is 0.284. The van der Waals surface area contributed by atoms with Crippen molar-refractivity contribution in [2.75, 3.05) is 18.8 Å². The molecule has 0 amide bonds. The highest BCUT2D eigenvalue weighted by molar-refractivity contribution is 7.85. The zero-order valence-electron chi connectivity index (χ0n) is 15.6. The first-order valence-electron chi connectivity index (χ1n) is 9.39. The van der Waals surface area contributed by atoms with Gasteiger partial charge in [0.15, 0.2) is 5.96 Å². The minimum Gasteiger partial charge on any atom is -0.357 e. The number of aliphatic imine (C=N–C) groups is 1. The van der Waals surface area contributed by atoms with Gasteiger partial charge in [0.05, 0.1) is 0 Å². The summed E-state index contributed by atoms with van der Waals surface area (Å²) >= 11 is 6.07. The van der Waals surface area contributed by atoms with Crippen LogP contribution in [0.1, 0.15) is 45.1 Å². The fourth-order valence-corrected chi connectivity index (χ4v) is 4.89. The first-order chi connectivity index (χ1) is 12.5. The molecule has 0 heterocycles. The highest BCUT2D eigenvalue weighted by Gasteiger charge is 2.25. The summed E-state index contributed by atoms with van der Waals surface area (Å²) in [5, 5.41) is 7.48. The van der Waals surface area contributed by atoms with E-state index < -0.39 is 10.8 Å². The molecule has 0 radical (unpaired) electrons. The third-order valence-electron chi connectivity index (χ3n) is 4.63. The van der Waals surface area contributed by atoms with Crippen LogP contribution in [0, 0.1) is 5.82 Å². The lowest BCUT2D eigenvalue weighted by Crippen LogP contribution is -2.46. The molecule has 2 rings (SSSR count). The number of nitrogens with one attached hydrogen (secondary N) is 2. The van der Waals surface area contributed by atoms with Crippen molar-refractivity contribution in [1.82, 2.24) is 10.6 Å². The minimum atomic E-state index is -0.733. The maximum absolute atomic E-state index is 13.1. The number of rotatable bonds is 7. The molecule has 1 fully saturated rings. The molecule has 26 heavy (non-hydrogen) atoms. The van der Waals surface area contributed by atoms with Crippen LogP contribution in [0.15, 0.2) is 23.2 Å². The second kappa shape index (κ2) is 10.9. The molecule has 146 valence electrons. The third-order valence-corrected chi connectivity index (χ3v) is 6.73. The first-order valence-corrected chi connectivity index (χ1v) is 11.1. The Labute approximate surface area is 163 Å². The van der Waals surface area contributed by atoms with Gasteiger partial charge in [-0.15, -0.1) is 0 Å². The van der Waals surface area contributed by atoms with Gasteiger partial charge in [-0.2, -0.15) is 0 Å². The van der Waals surface area contributed by atoms with E-state index in [0.29, 0.717) is 24.0 Å². The number of guanidine groups is 1. The van der Waals surface area contributed by atoms with E-state index in [9.17, 15) is 8.60 Å². The van der Waals surface area contributed by atoms with E-state index in [1.54, 1.807) is 6.07 Å². The Morgan fingerprint density at radius 2 is 2.19 bits per heavy atom. The Kier molecular flexibility index (Phi) is 8.85. The van der Waals surface area contributed by atoms with E-state index in [1.165, 1.54) is 12.1 Å². The molecule has 1 aromatic rings. The Morgan fingerprint density at radius 1 is 1.38 bits per heavy atom. The van der Waals surface area contributed by atoms with Gasteiger partial charge < -0.3 is 10.6 Å². The molecule has 1 aliphatic rings. The van der Waals surface area contributed by atoms with Crippen LogP contribution in [0.2, 0.25) is 5.02 Å². The van der Waals surface area contributed by atoms with Crippen LogP contribution in [-0.2, 0) is 17.2 Å². The molecule has 0 spiro atoms. The van der Waals surface area contributed by atoms with Gasteiger partial charge in [0.1, 0.15) is 5.82 Å². The predicted molar refractivity (Wildman–Crippen MR) is 109 cm³/mol. The Morgan fingerprint density at radius 3 is 2.88 bits per heavy atom. The van der Waals surface area contributed by atoms with Crippen LogP contribution in [0.25, 0.3) is 0 Å². The molecule has 1 aliphatic carbocycles. The molecular weight excluding hydrogens is 373 g/mol. The second-order valence-corrected chi connectivity index (χ2v) is 8.96. The van der Waals surface area contributed by atoms with E-state index in [-0.39, 0.29) is 11.1 Å².